The first-order chi connectivity index (χ1) is 15.3. The molecule has 2 heterocycles. The fourth-order valence-corrected chi connectivity index (χ4v) is 3.47. The molecule has 0 aliphatic carbocycles. The highest BCUT2D eigenvalue weighted by atomic mass is 16.2. The molecule has 0 fully saturated rings. The Morgan fingerprint density at radius 2 is 1.84 bits per heavy atom. The lowest BCUT2D eigenvalue weighted by Crippen LogP contribution is -2.19. The van der Waals surface area contributed by atoms with Crippen molar-refractivity contribution >= 4 is 34.1 Å². The largest absolute Gasteiger partial charge is 0.395 e. The van der Waals surface area contributed by atoms with Crippen LogP contribution in [-0.2, 0) is 4.79 Å². The van der Waals surface area contributed by atoms with Crippen molar-refractivity contribution in [2.75, 3.05) is 11.1 Å². The van der Waals surface area contributed by atoms with E-state index in [1.807, 2.05) is 19.1 Å². The monoisotopic (exact) mass is 429 g/mol. The molecular weight excluding hydrogens is 406 g/mol. The number of aryl methyl sites for hydroxylation is 1. The third-order valence-electron chi connectivity index (χ3n) is 5.20. The number of H-pyrrole nitrogens is 1. The molecule has 32 heavy (non-hydrogen) atoms. The second-order valence-corrected chi connectivity index (χ2v) is 7.80. The summed E-state index contributed by atoms with van der Waals surface area (Å²) in [6, 6.07) is 10.9. The number of benzene rings is 2. The van der Waals surface area contributed by atoms with Gasteiger partial charge in [0.15, 0.2) is 11.5 Å². The molecule has 2 aromatic heterocycles. The standard InChI is InChI=1S/C23H23N7O2/c1-11(2)23(32)27-15-7-5-4-6-13(15)22-28-19(18(24)20(29-22)21(25)31)17-12(3)8-9-16-14(17)10-26-30-16/h4-11H,24H2,1-3H3,(H2,25,31)(H,26,30)(H,27,32). The van der Waals surface area contributed by atoms with Gasteiger partial charge in [0, 0.05) is 22.4 Å². The van der Waals surface area contributed by atoms with E-state index in [4.69, 9.17) is 16.5 Å². The Hall–Kier alpha value is -4.27. The van der Waals surface area contributed by atoms with Gasteiger partial charge in [0.05, 0.1) is 28.8 Å². The van der Waals surface area contributed by atoms with Gasteiger partial charge in [-0.15, -0.1) is 0 Å². The number of anilines is 2. The van der Waals surface area contributed by atoms with Crippen molar-refractivity contribution in [3.63, 3.8) is 0 Å². The first-order valence-electron chi connectivity index (χ1n) is 10.1. The SMILES string of the molecule is Cc1ccc2[nH]ncc2c1-c1nc(-c2ccccc2NC(=O)C(C)C)nc(C(N)=O)c1N. The van der Waals surface area contributed by atoms with Gasteiger partial charge in [-0.2, -0.15) is 5.10 Å². The quantitative estimate of drug-likeness (QED) is 0.382. The van der Waals surface area contributed by atoms with Gasteiger partial charge in [0.25, 0.3) is 5.91 Å². The van der Waals surface area contributed by atoms with Gasteiger partial charge in [0.1, 0.15) is 0 Å². The summed E-state index contributed by atoms with van der Waals surface area (Å²) in [6.45, 7) is 5.52. The molecule has 0 unspecified atom stereocenters. The summed E-state index contributed by atoms with van der Waals surface area (Å²) in [7, 11) is 0. The van der Waals surface area contributed by atoms with Crippen molar-refractivity contribution in [2.45, 2.75) is 20.8 Å². The van der Waals surface area contributed by atoms with Crippen LogP contribution in [0.4, 0.5) is 11.4 Å². The van der Waals surface area contributed by atoms with E-state index in [9.17, 15) is 9.59 Å². The number of fused-ring (bicyclic) bond motifs is 1. The maximum absolute atomic E-state index is 12.3. The molecule has 0 atom stereocenters. The van der Waals surface area contributed by atoms with Crippen LogP contribution in [0, 0.1) is 12.8 Å². The molecule has 162 valence electrons. The van der Waals surface area contributed by atoms with E-state index in [0.29, 0.717) is 16.9 Å². The first kappa shape index (κ1) is 21.0. The summed E-state index contributed by atoms with van der Waals surface area (Å²) < 4.78 is 0. The number of nitrogens with zero attached hydrogens (tertiary/aromatic N) is 3. The van der Waals surface area contributed by atoms with Gasteiger partial charge in [-0.05, 0) is 30.7 Å². The van der Waals surface area contributed by atoms with Crippen molar-refractivity contribution in [1.82, 2.24) is 20.2 Å². The Bertz CT molecular complexity index is 1360. The van der Waals surface area contributed by atoms with Gasteiger partial charge in [-0.3, -0.25) is 14.7 Å². The zero-order valence-electron chi connectivity index (χ0n) is 17.9. The van der Waals surface area contributed by atoms with Gasteiger partial charge >= 0.3 is 0 Å². The van der Waals surface area contributed by atoms with Crippen LogP contribution in [0.3, 0.4) is 0 Å². The summed E-state index contributed by atoms with van der Waals surface area (Å²) in [5.74, 6) is -0.911. The predicted octanol–water partition coefficient (Wildman–Crippen LogP) is 3.27. The molecule has 2 aromatic carbocycles. The van der Waals surface area contributed by atoms with E-state index >= 15 is 0 Å². The number of nitrogen functional groups attached to an aromatic ring is 1. The minimum absolute atomic E-state index is 0.0850. The number of amides is 2. The maximum atomic E-state index is 12.3. The minimum Gasteiger partial charge on any atom is -0.395 e. The van der Waals surface area contributed by atoms with Gasteiger partial charge < -0.3 is 16.8 Å². The zero-order valence-corrected chi connectivity index (χ0v) is 17.9. The summed E-state index contributed by atoms with van der Waals surface area (Å²) >= 11 is 0. The number of rotatable bonds is 5. The van der Waals surface area contributed by atoms with E-state index < -0.39 is 5.91 Å². The molecule has 6 N–H and O–H groups in total. The number of aromatic amines is 1. The summed E-state index contributed by atoms with van der Waals surface area (Å²) in [6.07, 6.45) is 1.68. The highest BCUT2D eigenvalue weighted by molar-refractivity contribution is 6.04. The maximum Gasteiger partial charge on any atom is 0.269 e. The van der Waals surface area contributed by atoms with Gasteiger partial charge in [-0.1, -0.05) is 32.0 Å². The number of nitrogens with two attached hydrogens (primary N) is 2. The predicted molar refractivity (Wildman–Crippen MR) is 124 cm³/mol. The molecule has 0 spiro atoms. The Kier molecular flexibility index (Phi) is 5.31. The first-order valence-corrected chi connectivity index (χ1v) is 10.1. The Labute approximate surface area is 184 Å². The van der Waals surface area contributed by atoms with Crippen LogP contribution in [0.5, 0.6) is 0 Å². The summed E-state index contributed by atoms with van der Waals surface area (Å²) in [5.41, 5.74) is 15.8. The lowest BCUT2D eigenvalue weighted by molar-refractivity contribution is -0.118. The van der Waals surface area contributed by atoms with Crippen LogP contribution in [0.15, 0.2) is 42.6 Å². The lowest BCUT2D eigenvalue weighted by atomic mass is 9.99. The smallest absolute Gasteiger partial charge is 0.269 e. The Balaban J connectivity index is 1.98. The number of aromatic nitrogens is 4. The molecule has 0 bridgehead atoms. The van der Waals surface area contributed by atoms with Crippen molar-refractivity contribution in [3.8, 4) is 22.6 Å². The van der Waals surface area contributed by atoms with Crippen molar-refractivity contribution in [1.29, 1.82) is 0 Å². The highest BCUT2D eigenvalue weighted by Crippen LogP contribution is 2.36. The van der Waals surface area contributed by atoms with Crippen molar-refractivity contribution < 1.29 is 9.59 Å². The molecule has 0 saturated heterocycles. The third kappa shape index (κ3) is 3.64. The van der Waals surface area contributed by atoms with Crippen LogP contribution in [-0.4, -0.2) is 32.0 Å². The lowest BCUT2D eigenvalue weighted by Gasteiger charge is -2.16. The van der Waals surface area contributed by atoms with E-state index in [1.54, 1.807) is 44.3 Å². The van der Waals surface area contributed by atoms with E-state index in [-0.39, 0.29) is 29.0 Å². The number of carbonyl (C=O) groups is 2. The minimum atomic E-state index is -0.770. The Morgan fingerprint density at radius 3 is 2.56 bits per heavy atom. The number of para-hydroxylation sites is 1. The van der Waals surface area contributed by atoms with Crippen LogP contribution in [0.25, 0.3) is 33.5 Å². The molecule has 0 radical (unpaired) electrons. The molecule has 9 nitrogen and oxygen atoms in total. The molecular formula is C23H23N7O2. The fraction of sp³-hybridized carbons (Fsp3) is 0.174. The second-order valence-electron chi connectivity index (χ2n) is 7.80. The molecule has 2 amide bonds. The number of hydrogen-bond acceptors (Lipinski definition) is 6. The number of nitrogens with one attached hydrogen (secondary N) is 2. The molecule has 4 rings (SSSR count). The highest BCUT2D eigenvalue weighted by Gasteiger charge is 2.22. The zero-order chi connectivity index (χ0) is 23.0. The number of hydrogen-bond donors (Lipinski definition) is 4. The van der Waals surface area contributed by atoms with E-state index in [2.05, 4.69) is 20.5 Å². The van der Waals surface area contributed by atoms with Crippen molar-refractivity contribution in [3.05, 3.63) is 53.9 Å². The molecule has 4 aromatic rings. The molecule has 0 aliphatic heterocycles. The third-order valence-corrected chi connectivity index (χ3v) is 5.20. The molecule has 0 saturated carbocycles. The molecule has 0 aliphatic rings. The Morgan fingerprint density at radius 1 is 1.09 bits per heavy atom. The number of primary amides is 1. The van der Waals surface area contributed by atoms with E-state index in [1.165, 1.54) is 0 Å². The summed E-state index contributed by atoms with van der Waals surface area (Å²) in [5, 5.41) is 10.7. The normalized spacial score (nSPS) is 11.1. The van der Waals surface area contributed by atoms with Crippen LogP contribution < -0.4 is 16.8 Å². The van der Waals surface area contributed by atoms with Crippen LogP contribution >= 0.6 is 0 Å². The van der Waals surface area contributed by atoms with Gasteiger partial charge in [0.2, 0.25) is 5.91 Å². The van der Waals surface area contributed by atoms with Crippen LogP contribution in [0.1, 0.15) is 29.9 Å². The fourth-order valence-electron chi connectivity index (χ4n) is 3.47. The average Bonchev–Trinajstić information content (AvgIpc) is 3.23. The molecule has 9 heteroatoms. The van der Waals surface area contributed by atoms with E-state index in [0.717, 1.165) is 22.0 Å². The van der Waals surface area contributed by atoms with Crippen LogP contribution in [0.2, 0.25) is 0 Å². The summed E-state index contributed by atoms with van der Waals surface area (Å²) in [4.78, 5) is 33.6. The number of carbonyl (C=O) groups excluding carboxylic acids is 2. The second kappa shape index (κ2) is 8.10. The van der Waals surface area contributed by atoms with Crippen molar-refractivity contribution in [2.24, 2.45) is 11.7 Å². The average molecular weight is 429 g/mol. The topological polar surface area (TPSA) is 153 Å². The van der Waals surface area contributed by atoms with Gasteiger partial charge in [-0.25, -0.2) is 9.97 Å².